The number of rotatable bonds is 1. The molecule has 0 amide bonds. The van der Waals surface area contributed by atoms with Gasteiger partial charge in [0, 0.05) is 19.2 Å². The number of likely N-dealkylation sites (N-methyl/N-ethyl adjacent to an activating group) is 1. The first-order valence-corrected chi connectivity index (χ1v) is 4.07. The molecule has 2 bridgehead atoms. The molecule has 0 aromatic carbocycles. The van der Waals surface area contributed by atoms with Crippen molar-refractivity contribution in [3.05, 3.63) is 0 Å². The summed E-state index contributed by atoms with van der Waals surface area (Å²) in [5.41, 5.74) is 0. The van der Waals surface area contributed by atoms with Crippen LogP contribution in [0.3, 0.4) is 0 Å². The summed E-state index contributed by atoms with van der Waals surface area (Å²) in [7, 11) is 4.06. The van der Waals surface area contributed by atoms with Gasteiger partial charge in [0.05, 0.1) is 6.10 Å². The molecule has 3 unspecified atom stereocenters. The monoisotopic (exact) mass is 141 g/mol. The molecule has 2 saturated heterocycles. The molecular formula is C8H15NO. The molecule has 2 nitrogen and oxygen atoms in total. The van der Waals surface area contributed by atoms with Gasteiger partial charge in [0.2, 0.25) is 0 Å². The molecular weight excluding hydrogens is 126 g/mol. The molecule has 0 aliphatic carbocycles. The van der Waals surface area contributed by atoms with E-state index in [1.165, 1.54) is 19.3 Å². The Kier molecular flexibility index (Phi) is 1.46. The van der Waals surface area contributed by atoms with Crippen LogP contribution >= 0.6 is 0 Å². The van der Waals surface area contributed by atoms with Crippen molar-refractivity contribution in [3.63, 3.8) is 0 Å². The third-order valence-electron chi connectivity index (χ3n) is 3.13. The fraction of sp³-hybridized carbons (Fsp3) is 1.00. The molecule has 3 atom stereocenters. The quantitative estimate of drug-likeness (QED) is 0.537. The Bertz CT molecular complexity index is 137. The standard InChI is InChI=1S/C8H15NO/c1-9-6-3-4-7(9)8(5-6)10-2/h6-8H,3-5H2,1-2H3. The van der Waals surface area contributed by atoms with Crippen LogP contribution in [0.2, 0.25) is 0 Å². The largest absolute Gasteiger partial charge is 0.380 e. The third kappa shape index (κ3) is 0.722. The number of nitrogens with zero attached hydrogens (tertiary/aromatic N) is 1. The van der Waals surface area contributed by atoms with E-state index < -0.39 is 0 Å². The first-order chi connectivity index (χ1) is 4.83. The van der Waals surface area contributed by atoms with Crippen LogP contribution in [0.4, 0.5) is 0 Å². The average molecular weight is 141 g/mol. The van der Waals surface area contributed by atoms with Gasteiger partial charge in [0.1, 0.15) is 0 Å². The molecule has 2 rings (SSSR count). The molecule has 2 aliphatic heterocycles. The summed E-state index contributed by atoms with van der Waals surface area (Å²) in [6.45, 7) is 0. The van der Waals surface area contributed by atoms with E-state index >= 15 is 0 Å². The Morgan fingerprint density at radius 2 is 2.20 bits per heavy atom. The highest BCUT2D eigenvalue weighted by molar-refractivity contribution is 4.99. The topological polar surface area (TPSA) is 12.5 Å². The van der Waals surface area contributed by atoms with Gasteiger partial charge in [0.25, 0.3) is 0 Å². The van der Waals surface area contributed by atoms with E-state index in [4.69, 9.17) is 4.74 Å². The zero-order valence-electron chi connectivity index (χ0n) is 6.71. The summed E-state index contributed by atoms with van der Waals surface area (Å²) in [5.74, 6) is 0. The first-order valence-electron chi connectivity index (χ1n) is 4.07. The molecule has 2 aliphatic rings. The Labute approximate surface area is 62.2 Å². The van der Waals surface area contributed by atoms with Crippen molar-refractivity contribution in [2.45, 2.75) is 37.5 Å². The van der Waals surface area contributed by atoms with Crippen LogP contribution < -0.4 is 0 Å². The van der Waals surface area contributed by atoms with Crippen molar-refractivity contribution in [1.29, 1.82) is 0 Å². The third-order valence-corrected chi connectivity index (χ3v) is 3.13. The maximum Gasteiger partial charge on any atom is 0.0741 e. The number of fused-ring (bicyclic) bond motifs is 2. The Morgan fingerprint density at radius 1 is 1.40 bits per heavy atom. The molecule has 0 saturated carbocycles. The summed E-state index contributed by atoms with van der Waals surface area (Å²) in [6.07, 6.45) is 4.53. The number of ether oxygens (including phenoxy) is 1. The summed E-state index contributed by atoms with van der Waals surface area (Å²) >= 11 is 0. The van der Waals surface area contributed by atoms with E-state index in [2.05, 4.69) is 11.9 Å². The molecule has 0 radical (unpaired) electrons. The molecule has 2 fully saturated rings. The van der Waals surface area contributed by atoms with E-state index in [0.717, 1.165) is 12.1 Å². The van der Waals surface area contributed by atoms with Crippen LogP contribution in [0.15, 0.2) is 0 Å². The van der Waals surface area contributed by atoms with Crippen molar-refractivity contribution in [2.24, 2.45) is 0 Å². The minimum atomic E-state index is 0.531. The van der Waals surface area contributed by atoms with E-state index in [9.17, 15) is 0 Å². The zero-order chi connectivity index (χ0) is 7.14. The van der Waals surface area contributed by atoms with Crippen LogP contribution in [-0.2, 0) is 4.74 Å². The van der Waals surface area contributed by atoms with E-state index in [1.807, 2.05) is 7.11 Å². The maximum atomic E-state index is 5.37. The van der Waals surface area contributed by atoms with Gasteiger partial charge in [-0.2, -0.15) is 0 Å². The average Bonchev–Trinajstić information content (AvgIpc) is 2.46. The predicted octanol–water partition coefficient (Wildman–Crippen LogP) is 0.868. The maximum absolute atomic E-state index is 5.37. The Hall–Kier alpha value is -0.0800. The molecule has 0 aromatic heterocycles. The second kappa shape index (κ2) is 2.21. The number of hydrogen-bond donors (Lipinski definition) is 0. The summed E-state index contributed by atoms with van der Waals surface area (Å²) in [6, 6.07) is 1.56. The lowest BCUT2D eigenvalue weighted by atomic mass is 9.98. The fourth-order valence-electron chi connectivity index (χ4n) is 2.45. The van der Waals surface area contributed by atoms with Crippen molar-refractivity contribution in [3.8, 4) is 0 Å². The van der Waals surface area contributed by atoms with Gasteiger partial charge in [-0.25, -0.2) is 0 Å². The van der Waals surface area contributed by atoms with Crippen molar-refractivity contribution >= 4 is 0 Å². The second-order valence-electron chi connectivity index (χ2n) is 3.47. The summed E-state index contributed by atoms with van der Waals surface area (Å²) in [4.78, 5) is 2.48. The van der Waals surface area contributed by atoms with E-state index in [0.29, 0.717) is 6.10 Å². The SMILES string of the molecule is COC1CC2CCC1N2C. The number of methoxy groups -OCH3 is 1. The van der Waals surface area contributed by atoms with Gasteiger partial charge in [-0.3, -0.25) is 4.90 Å². The van der Waals surface area contributed by atoms with Gasteiger partial charge in [-0.05, 0) is 26.3 Å². The smallest absolute Gasteiger partial charge is 0.0741 e. The minimum absolute atomic E-state index is 0.531. The Balaban J connectivity index is 2.08. The molecule has 58 valence electrons. The van der Waals surface area contributed by atoms with Gasteiger partial charge in [-0.1, -0.05) is 0 Å². The summed E-state index contributed by atoms with van der Waals surface area (Å²) < 4.78 is 5.37. The highest BCUT2D eigenvalue weighted by atomic mass is 16.5. The predicted molar refractivity (Wildman–Crippen MR) is 40.0 cm³/mol. The lowest BCUT2D eigenvalue weighted by Gasteiger charge is -2.19. The van der Waals surface area contributed by atoms with E-state index in [-0.39, 0.29) is 0 Å². The second-order valence-corrected chi connectivity index (χ2v) is 3.47. The molecule has 2 heterocycles. The molecule has 0 aromatic rings. The fourth-order valence-corrected chi connectivity index (χ4v) is 2.45. The Morgan fingerprint density at radius 3 is 2.50 bits per heavy atom. The first kappa shape index (κ1) is 6.62. The van der Waals surface area contributed by atoms with Gasteiger partial charge >= 0.3 is 0 Å². The van der Waals surface area contributed by atoms with Crippen LogP contribution in [0.25, 0.3) is 0 Å². The van der Waals surface area contributed by atoms with Crippen LogP contribution in [0, 0.1) is 0 Å². The van der Waals surface area contributed by atoms with E-state index in [1.54, 1.807) is 0 Å². The summed E-state index contributed by atoms with van der Waals surface area (Å²) in [5, 5.41) is 0. The molecule has 10 heavy (non-hydrogen) atoms. The lowest BCUT2D eigenvalue weighted by Crippen LogP contribution is -2.29. The van der Waals surface area contributed by atoms with Crippen LogP contribution in [-0.4, -0.2) is 37.2 Å². The molecule has 0 N–H and O–H groups in total. The van der Waals surface area contributed by atoms with Gasteiger partial charge in [0.15, 0.2) is 0 Å². The minimum Gasteiger partial charge on any atom is -0.380 e. The lowest BCUT2D eigenvalue weighted by molar-refractivity contribution is 0.0708. The highest BCUT2D eigenvalue weighted by Crippen LogP contribution is 2.37. The normalized spacial score (nSPS) is 46.8. The van der Waals surface area contributed by atoms with Gasteiger partial charge in [-0.15, -0.1) is 0 Å². The highest BCUT2D eigenvalue weighted by Gasteiger charge is 2.43. The van der Waals surface area contributed by atoms with Crippen LogP contribution in [0.5, 0.6) is 0 Å². The van der Waals surface area contributed by atoms with Crippen molar-refractivity contribution < 1.29 is 4.74 Å². The number of hydrogen-bond acceptors (Lipinski definition) is 2. The van der Waals surface area contributed by atoms with Crippen molar-refractivity contribution in [1.82, 2.24) is 4.90 Å². The molecule has 2 heteroatoms. The molecule has 0 spiro atoms. The van der Waals surface area contributed by atoms with Gasteiger partial charge < -0.3 is 4.74 Å². The van der Waals surface area contributed by atoms with Crippen LogP contribution in [0.1, 0.15) is 19.3 Å². The zero-order valence-corrected chi connectivity index (χ0v) is 6.71. The van der Waals surface area contributed by atoms with Crippen molar-refractivity contribution in [2.75, 3.05) is 14.2 Å².